The summed E-state index contributed by atoms with van der Waals surface area (Å²) in [6.07, 6.45) is 3.02. The number of nitrogens with zero attached hydrogens (tertiary/aromatic N) is 1. The van der Waals surface area contributed by atoms with Gasteiger partial charge in [0.25, 0.3) is 0 Å². The Bertz CT molecular complexity index is 972. The lowest BCUT2D eigenvalue weighted by atomic mass is 10.0. The molecule has 3 aromatic carbocycles. The fourth-order valence-electron chi connectivity index (χ4n) is 3.12. The van der Waals surface area contributed by atoms with Gasteiger partial charge in [0, 0.05) is 18.5 Å². The molecule has 0 saturated heterocycles. The molecule has 4 nitrogen and oxygen atoms in total. The van der Waals surface area contributed by atoms with Crippen LogP contribution in [-0.4, -0.2) is 35.1 Å². The molecule has 1 N–H and O–H groups in total. The fraction of sp³-hybridized carbons (Fsp3) is 0.208. The second-order valence-corrected chi connectivity index (χ2v) is 7.54. The van der Waals surface area contributed by atoms with Gasteiger partial charge in [-0.1, -0.05) is 79.5 Å². The summed E-state index contributed by atoms with van der Waals surface area (Å²) in [5.74, 6) is -0.364. The van der Waals surface area contributed by atoms with Crippen molar-refractivity contribution < 1.29 is 14.6 Å². The summed E-state index contributed by atoms with van der Waals surface area (Å²) in [5, 5.41) is 13.1. The van der Waals surface area contributed by atoms with Crippen LogP contribution in [0.5, 0.6) is 5.75 Å². The predicted octanol–water partition coefficient (Wildman–Crippen LogP) is 5.49. The zero-order chi connectivity index (χ0) is 20.5. The molecule has 3 aromatic rings. The van der Waals surface area contributed by atoms with Gasteiger partial charge in [-0.2, -0.15) is 0 Å². The number of benzene rings is 3. The summed E-state index contributed by atoms with van der Waals surface area (Å²) in [6.45, 7) is 3.68. The molecule has 0 radical (unpaired) electrons. The van der Waals surface area contributed by atoms with Gasteiger partial charge in [-0.05, 0) is 40.5 Å². The smallest absolute Gasteiger partial charge is 0.341 e. The predicted molar refractivity (Wildman–Crippen MR) is 121 cm³/mol. The molecule has 0 unspecified atom stereocenters. The van der Waals surface area contributed by atoms with Gasteiger partial charge in [-0.25, -0.2) is 9.10 Å². The topological polar surface area (TPSA) is 49.8 Å². The van der Waals surface area contributed by atoms with Crippen molar-refractivity contribution in [3.05, 3.63) is 83.3 Å². The van der Waals surface area contributed by atoms with Crippen LogP contribution in [0.1, 0.15) is 18.1 Å². The first-order chi connectivity index (χ1) is 14.2. The van der Waals surface area contributed by atoms with E-state index in [0.29, 0.717) is 5.75 Å². The van der Waals surface area contributed by atoms with E-state index in [2.05, 4.69) is 47.0 Å². The molecular formula is C24H25NO3S. The zero-order valence-electron chi connectivity index (χ0n) is 16.5. The maximum absolute atomic E-state index is 10.8. The summed E-state index contributed by atoms with van der Waals surface area (Å²) in [6, 6.07) is 22.2. The molecule has 0 aromatic heterocycles. The third-order valence-corrected chi connectivity index (χ3v) is 5.57. The number of likely N-dealkylation sites (N-methyl/N-ethyl adjacent to an activating group) is 1. The molecular weight excluding hydrogens is 382 g/mol. The minimum Gasteiger partial charge on any atom is -0.481 e. The number of hydrogen-bond donors (Lipinski definition) is 1. The SMILES string of the molecule is CCN(CCc1cccc2c(OCC(=O)O)cccc12)S/C=C/c1ccccc1. The van der Waals surface area contributed by atoms with E-state index in [9.17, 15) is 4.79 Å². The fourth-order valence-corrected chi connectivity index (χ4v) is 3.86. The van der Waals surface area contributed by atoms with E-state index in [4.69, 9.17) is 9.84 Å². The highest BCUT2D eigenvalue weighted by molar-refractivity contribution is 8.00. The minimum atomic E-state index is -0.975. The summed E-state index contributed by atoms with van der Waals surface area (Å²) in [5.41, 5.74) is 2.42. The maximum Gasteiger partial charge on any atom is 0.341 e. The highest BCUT2D eigenvalue weighted by atomic mass is 32.2. The van der Waals surface area contributed by atoms with Crippen LogP contribution in [0.25, 0.3) is 16.8 Å². The highest BCUT2D eigenvalue weighted by Crippen LogP contribution is 2.28. The van der Waals surface area contributed by atoms with Crippen LogP contribution in [0.15, 0.2) is 72.1 Å². The van der Waals surface area contributed by atoms with E-state index in [0.717, 1.165) is 30.3 Å². The zero-order valence-corrected chi connectivity index (χ0v) is 17.3. The quantitative estimate of drug-likeness (QED) is 0.451. The third-order valence-electron chi connectivity index (χ3n) is 4.58. The molecule has 0 amide bonds. The first kappa shape index (κ1) is 21.0. The molecule has 150 valence electrons. The Balaban J connectivity index is 1.66. The Morgan fingerprint density at radius 1 is 1.03 bits per heavy atom. The van der Waals surface area contributed by atoms with Crippen molar-refractivity contribution in [2.24, 2.45) is 0 Å². The van der Waals surface area contributed by atoms with Gasteiger partial charge in [0.2, 0.25) is 0 Å². The third kappa shape index (κ3) is 6.11. The second kappa shape index (κ2) is 10.7. The van der Waals surface area contributed by atoms with Crippen LogP contribution in [0.4, 0.5) is 0 Å². The average molecular weight is 408 g/mol. The number of carboxylic acid groups (broad SMARTS) is 1. The summed E-state index contributed by atoms with van der Waals surface area (Å²) < 4.78 is 7.78. The van der Waals surface area contributed by atoms with Gasteiger partial charge in [0.1, 0.15) is 5.75 Å². The molecule has 29 heavy (non-hydrogen) atoms. The van der Waals surface area contributed by atoms with Gasteiger partial charge in [0.15, 0.2) is 6.61 Å². The van der Waals surface area contributed by atoms with E-state index >= 15 is 0 Å². The number of hydrogen-bond acceptors (Lipinski definition) is 4. The van der Waals surface area contributed by atoms with E-state index in [-0.39, 0.29) is 6.61 Å². The van der Waals surface area contributed by atoms with Crippen LogP contribution < -0.4 is 4.74 Å². The van der Waals surface area contributed by atoms with Crippen molar-refractivity contribution in [1.29, 1.82) is 0 Å². The molecule has 0 bridgehead atoms. The van der Waals surface area contributed by atoms with Gasteiger partial charge in [-0.15, -0.1) is 0 Å². The monoisotopic (exact) mass is 407 g/mol. The number of fused-ring (bicyclic) bond motifs is 1. The second-order valence-electron chi connectivity index (χ2n) is 6.54. The van der Waals surface area contributed by atoms with Crippen LogP contribution in [0.2, 0.25) is 0 Å². The molecule has 0 aliphatic carbocycles. The summed E-state index contributed by atoms with van der Waals surface area (Å²) in [4.78, 5) is 10.8. The molecule has 0 aliphatic heterocycles. The number of carbonyl (C=O) groups is 1. The van der Waals surface area contributed by atoms with E-state index in [1.54, 1.807) is 11.9 Å². The minimum absolute atomic E-state index is 0.336. The number of aliphatic carboxylic acids is 1. The molecule has 0 fully saturated rings. The van der Waals surface area contributed by atoms with Crippen molar-refractivity contribution in [2.45, 2.75) is 13.3 Å². The van der Waals surface area contributed by atoms with Crippen LogP contribution >= 0.6 is 11.9 Å². The standard InChI is InChI=1S/C24H25NO3S/c1-2-25(29-17-15-19-8-4-3-5-9-19)16-14-20-10-6-12-22-21(20)11-7-13-23(22)28-18-24(26)27/h3-13,15,17H,2,14,16,18H2,1H3,(H,26,27)/b17-15+. The Kier molecular flexibility index (Phi) is 7.73. The molecule has 0 spiro atoms. The van der Waals surface area contributed by atoms with E-state index in [1.165, 1.54) is 11.1 Å². The number of rotatable bonds is 10. The Hall–Kier alpha value is -2.76. The Morgan fingerprint density at radius 3 is 2.55 bits per heavy atom. The molecule has 0 saturated carbocycles. The highest BCUT2D eigenvalue weighted by Gasteiger charge is 2.09. The van der Waals surface area contributed by atoms with Gasteiger partial charge in [-0.3, -0.25) is 0 Å². The lowest BCUT2D eigenvalue weighted by Gasteiger charge is -2.18. The number of carboxylic acids is 1. The normalized spacial score (nSPS) is 11.4. The van der Waals surface area contributed by atoms with Crippen LogP contribution in [0.3, 0.4) is 0 Å². The van der Waals surface area contributed by atoms with Crippen LogP contribution in [-0.2, 0) is 11.2 Å². The van der Waals surface area contributed by atoms with Gasteiger partial charge >= 0.3 is 5.97 Å². The largest absolute Gasteiger partial charge is 0.481 e. The maximum atomic E-state index is 10.8. The lowest BCUT2D eigenvalue weighted by Crippen LogP contribution is -2.17. The molecule has 0 heterocycles. The van der Waals surface area contributed by atoms with E-state index < -0.39 is 5.97 Å². The average Bonchev–Trinajstić information content (AvgIpc) is 2.75. The Morgan fingerprint density at radius 2 is 1.79 bits per heavy atom. The van der Waals surface area contributed by atoms with Crippen molar-refractivity contribution in [1.82, 2.24) is 4.31 Å². The molecule has 0 atom stereocenters. The van der Waals surface area contributed by atoms with Crippen molar-refractivity contribution in [3.8, 4) is 5.75 Å². The Labute approximate surface area is 175 Å². The first-order valence-corrected chi connectivity index (χ1v) is 10.5. The molecule has 3 rings (SSSR count). The first-order valence-electron chi connectivity index (χ1n) is 9.66. The molecule has 5 heteroatoms. The summed E-state index contributed by atoms with van der Waals surface area (Å²) >= 11 is 1.72. The number of ether oxygens (including phenoxy) is 1. The summed E-state index contributed by atoms with van der Waals surface area (Å²) in [7, 11) is 0. The van der Waals surface area contributed by atoms with Crippen molar-refractivity contribution >= 4 is 34.8 Å². The van der Waals surface area contributed by atoms with Crippen molar-refractivity contribution in [2.75, 3.05) is 19.7 Å². The molecule has 0 aliphatic rings. The van der Waals surface area contributed by atoms with Gasteiger partial charge in [0.05, 0.1) is 0 Å². The van der Waals surface area contributed by atoms with Gasteiger partial charge < -0.3 is 9.84 Å². The van der Waals surface area contributed by atoms with Crippen LogP contribution in [0, 0.1) is 0 Å². The lowest BCUT2D eigenvalue weighted by molar-refractivity contribution is -0.139. The van der Waals surface area contributed by atoms with E-state index in [1.807, 2.05) is 42.5 Å². The van der Waals surface area contributed by atoms with Crippen molar-refractivity contribution in [3.63, 3.8) is 0 Å².